The van der Waals surface area contributed by atoms with Crippen LogP contribution in [0.4, 0.5) is 0 Å². The molecule has 1 aliphatic heterocycles. The normalized spacial score (nSPS) is 17.5. The van der Waals surface area contributed by atoms with Crippen molar-refractivity contribution >= 4 is 17.3 Å². The van der Waals surface area contributed by atoms with Gasteiger partial charge < -0.3 is 16.0 Å². The van der Waals surface area contributed by atoms with Crippen molar-refractivity contribution in [1.82, 2.24) is 4.90 Å². The van der Waals surface area contributed by atoms with Crippen LogP contribution in [-0.4, -0.2) is 29.6 Å². The lowest BCUT2D eigenvalue weighted by atomic mass is 9.89. The highest BCUT2D eigenvalue weighted by Gasteiger charge is 2.32. The van der Waals surface area contributed by atoms with Crippen molar-refractivity contribution in [3.05, 3.63) is 75.9 Å². The summed E-state index contributed by atoms with van der Waals surface area (Å²) in [7, 11) is 0. The summed E-state index contributed by atoms with van der Waals surface area (Å²) < 4.78 is 0. The molecule has 1 amide bonds. The van der Waals surface area contributed by atoms with Crippen molar-refractivity contribution in [2.24, 2.45) is 11.7 Å². The Hall–Kier alpha value is -3.39. The molecule has 0 radical (unpaired) electrons. The monoisotopic (exact) mass is 426 g/mol. The van der Waals surface area contributed by atoms with Gasteiger partial charge in [-0.05, 0) is 67.7 Å². The van der Waals surface area contributed by atoms with E-state index in [0.717, 1.165) is 35.1 Å². The van der Waals surface area contributed by atoms with Gasteiger partial charge in [-0.25, -0.2) is 0 Å². The topological polar surface area (TPSA) is 94.0 Å². The average Bonchev–Trinajstić information content (AvgIpc) is 3.32. The smallest absolute Gasteiger partial charge is 0.253 e. The van der Waals surface area contributed by atoms with Crippen LogP contribution in [0.3, 0.4) is 0 Å². The number of amides is 1. The number of nitrogens with two attached hydrogens (primary N) is 1. The Bertz CT molecular complexity index is 1110. The third-order valence-corrected chi connectivity index (χ3v) is 7.03. The Labute approximate surface area is 190 Å². The van der Waals surface area contributed by atoms with E-state index in [9.17, 15) is 4.79 Å². The number of nitrogens with one attached hydrogen (secondary N) is 1. The van der Waals surface area contributed by atoms with Crippen molar-refractivity contribution in [3.63, 3.8) is 0 Å². The second-order valence-corrected chi connectivity index (χ2v) is 9.10. The van der Waals surface area contributed by atoms with Gasteiger partial charge in [0.25, 0.3) is 5.91 Å². The molecule has 164 valence electrons. The molecule has 4 rings (SSSR count). The molecule has 3 N–H and O–H groups in total. The van der Waals surface area contributed by atoms with Crippen LogP contribution in [0, 0.1) is 29.6 Å². The lowest BCUT2D eigenvalue weighted by Crippen LogP contribution is -2.48. The number of benzene rings is 2. The number of carbonyl (C=O) groups is 1. The van der Waals surface area contributed by atoms with Crippen LogP contribution in [0.15, 0.2) is 48.0 Å². The molecule has 1 saturated carbocycles. The van der Waals surface area contributed by atoms with Gasteiger partial charge in [-0.2, -0.15) is 5.26 Å². The average molecular weight is 427 g/mol. The molecular weight excluding hydrogens is 396 g/mol. The van der Waals surface area contributed by atoms with Gasteiger partial charge in [0.2, 0.25) is 0 Å². The maximum absolute atomic E-state index is 13.1. The second-order valence-electron chi connectivity index (χ2n) is 9.10. The van der Waals surface area contributed by atoms with Crippen LogP contribution in [0.25, 0.3) is 5.70 Å². The molecular formula is C27H30N4O. The van der Waals surface area contributed by atoms with E-state index in [1.165, 1.54) is 12.8 Å². The number of likely N-dealkylation sites (tertiary alicyclic amines) is 1. The highest BCUT2D eigenvalue weighted by atomic mass is 16.2. The Morgan fingerprint density at radius 2 is 1.78 bits per heavy atom. The van der Waals surface area contributed by atoms with Crippen molar-refractivity contribution in [1.29, 1.82) is 10.7 Å². The van der Waals surface area contributed by atoms with Gasteiger partial charge in [-0.1, -0.05) is 31.0 Å². The summed E-state index contributed by atoms with van der Waals surface area (Å²) in [6, 6.07) is 15.4. The van der Waals surface area contributed by atoms with Crippen LogP contribution in [0.2, 0.25) is 0 Å². The van der Waals surface area contributed by atoms with Crippen molar-refractivity contribution in [2.75, 3.05) is 13.1 Å². The van der Waals surface area contributed by atoms with Crippen molar-refractivity contribution < 1.29 is 4.79 Å². The third-order valence-electron chi connectivity index (χ3n) is 7.03. The maximum Gasteiger partial charge on any atom is 0.253 e. The third kappa shape index (κ3) is 4.18. The minimum Gasteiger partial charge on any atom is -0.398 e. The lowest BCUT2D eigenvalue weighted by molar-refractivity contribution is 0.0602. The van der Waals surface area contributed by atoms with E-state index in [1.54, 1.807) is 0 Å². The molecule has 5 heteroatoms. The fourth-order valence-corrected chi connectivity index (χ4v) is 4.78. The number of aryl methyl sites for hydroxylation is 1. The van der Waals surface area contributed by atoms with Gasteiger partial charge in [0.15, 0.2) is 0 Å². The molecule has 1 saturated heterocycles. The van der Waals surface area contributed by atoms with Crippen LogP contribution in [0.5, 0.6) is 0 Å². The van der Waals surface area contributed by atoms with E-state index in [2.05, 4.69) is 6.07 Å². The Balaban J connectivity index is 1.48. The molecule has 2 aromatic carbocycles. The predicted octanol–water partition coefficient (Wildman–Crippen LogP) is 5.01. The minimum absolute atomic E-state index is 0.00691. The molecule has 0 bridgehead atoms. The van der Waals surface area contributed by atoms with Crippen LogP contribution in [0.1, 0.15) is 71.1 Å². The summed E-state index contributed by atoms with van der Waals surface area (Å²) in [5.74, 6) is 0.613. The van der Waals surface area contributed by atoms with E-state index >= 15 is 0 Å². The molecule has 5 nitrogen and oxygen atoms in total. The molecule has 1 aliphatic carbocycles. The van der Waals surface area contributed by atoms with E-state index in [-0.39, 0.29) is 5.91 Å². The Morgan fingerprint density at radius 3 is 2.41 bits per heavy atom. The number of carbonyl (C=O) groups excluding carboxylic acids is 1. The number of nitrogens with zero attached hydrogens (tertiary/aromatic N) is 2. The van der Waals surface area contributed by atoms with E-state index in [4.69, 9.17) is 16.4 Å². The van der Waals surface area contributed by atoms with E-state index in [1.807, 2.05) is 61.2 Å². The fraction of sp³-hybridized carbons (Fsp3) is 0.370. The predicted molar refractivity (Wildman–Crippen MR) is 127 cm³/mol. The first kappa shape index (κ1) is 21.8. The van der Waals surface area contributed by atoms with E-state index < -0.39 is 0 Å². The summed E-state index contributed by atoms with van der Waals surface area (Å²) in [5, 5.41) is 17.5. The number of hydrogen-bond donors (Lipinski definition) is 2. The first-order chi connectivity index (χ1) is 15.4. The summed E-state index contributed by atoms with van der Waals surface area (Å²) in [6.45, 7) is 5.27. The summed E-state index contributed by atoms with van der Waals surface area (Å²) >= 11 is 0. The molecule has 0 atom stereocenters. The standard InChI is InChI=1S/C27H30N4O/c1-17-7-10-22(13-24(17)26(30)18(2)25(29)21-5-3-4-6-21)27(32)31-15-23(16-31)20-11-8-19(14-28)9-12-20/h7-13,21,23,29H,3-6,15-16,30H2,1-2H3/b26-18-,29-25?. The molecule has 2 fully saturated rings. The summed E-state index contributed by atoms with van der Waals surface area (Å²) in [5.41, 5.74) is 12.9. The first-order valence-electron chi connectivity index (χ1n) is 11.3. The molecule has 2 aliphatic rings. The SMILES string of the molecule is C/C(C(=N)C1CCCC1)=C(/N)c1cc(C(=O)N2CC(c3ccc(C#N)cc3)C2)ccc1C. The lowest BCUT2D eigenvalue weighted by Gasteiger charge is -2.39. The van der Waals surface area contributed by atoms with Gasteiger partial charge in [0.1, 0.15) is 0 Å². The number of rotatable bonds is 5. The molecule has 2 aromatic rings. The molecule has 0 aromatic heterocycles. The molecule has 0 unspecified atom stereocenters. The van der Waals surface area contributed by atoms with Gasteiger partial charge in [0.05, 0.1) is 11.6 Å². The largest absolute Gasteiger partial charge is 0.398 e. The summed E-state index contributed by atoms with van der Waals surface area (Å²) in [6.07, 6.45) is 4.50. The zero-order chi connectivity index (χ0) is 22.8. The van der Waals surface area contributed by atoms with Gasteiger partial charge in [0, 0.05) is 47.5 Å². The molecule has 1 heterocycles. The molecule has 0 spiro atoms. The number of allylic oxidation sites excluding steroid dienone is 1. The molecule has 32 heavy (non-hydrogen) atoms. The highest BCUT2D eigenvalue weighted by molar-refractivity contribution is 6.05. The Morgan fingerprint density at radius 1 is 1.12 bits per heavy atom. The van der Waals surface area contributed by atoms with Crippen LogP contribution in [-0.2, 0) is 0 Å². The van der Waals surface area contributed by atoms with Gasteiger partial charge >= 0.3 is 0 Å². The number of hydrogen-bond acceptors (Lipinski definition) is 4. The maximum atomic E-state index is 13.1. The quantitative estimate of drug-likeness (QED) is 0.658. The zero-order valence-corrected chi connectivity index (χ0v) is 18.8. The van der Waals surface area contributed by atoms with Crippen molar-refractivity contribution in [2.45, 2.75) is 45.4 Å². The van der Waals surface area contributed by atoms with Crippen LogP contribution < -0.4 is 5.73 Å². The first-order valence-corrected chi connectivity index (χ1v) is 11.3. The second kappa shape index (κ2) is 9.00. The van der Waals surface area contributed by atoms with Gasteiger partial charge in [-0.15, -0.1) is 0 Å². The fourth-order valence-electron chi connectivity index (χ4n) is 4.78. The Kier molecular flexibility index (Phi) is 6.14. The van der Waals surface area contributed by atoms with Crippen LogP contribution >= 0.6 is 0 Å². The van der Waals surface area contributed by atoms with E-state index in [0.29, 0.717) is 47.5 Å². The van der Waals surface area contributed by atoms with Gasteiger partial charge in [-0.3, -0.25) is 4.79 Å². The van der Waals surface area contributed by atoms with Crippen molar-refractivity contribution in [3.8, 4) is 6.07 Å². The summed E-state index contributed by atoms with van der Waals surface area (Å²) in [4.78, 5) is 14.9. The zero-order valence-electron chi connectivity index (χ0n) is 18.8. The minimum atomic E-state index is 0.00691. The number of nitriles is 1. The highest BCUT2D eigenvalue weighted by Crippen LogP contribution is 2.31.